The molecule has 0 N–H and O–H groups in total. The first-order valence-electron chi connectivity index (χ1n) is 4.82. The van der Waals surface area contributed by atoms with Crippen LogP contribution in [-0.4, -0.2) is 0 Å². The summed E-state index contributed by atoms with van der Waals surface area (Å²) in [6.07, 6.45) is 4.50. The van der Waals surface area contributed by atoms with Crippen molar-refractivity contribution in [2.75, 3.05) is 0 Å². The molecule has 1 aromatic heterocycles. The monoisotopic (exact) mass is 172 g/mol. The fraction of sp³-hybridized carbons (Fsp3) is 0.333. The molecular formula is C12H12O. The second-order valence-corrected chi connectivity index (χ2v) is 3.95. The minimum atomic E-state index is 0.831. The fourth-order valence-electron chi connectivity index (χ4n) is 1.94. The van der Waals surface area contributed by atoms with Crippen LogP contribution in [0.5, 0.6) is 0 Å². The van der Waals surface area contributed by atoms with Crippen LogP contribution >= 0.6 is 0 Å². The van der Waals surface area contributed by atoms with Crippen molar-refractivity contribution in [3.63, 3.8) is 0 Å². The van der Waals surface area contributed by atoms with Gasteiger partial charge in [0.1, 0.15) is 5.58 Å². The first kappa shape index (κ1) is 7.19. The van der Waals surface area contributed by atoms with Crippen LogP contribution in [0, 0.1) is 6.92 Å². The third-order valence-corrected chi connectivity index (χ3v) is 2.81. The molecule has 1 aliphatic rings. The van der Waals surface area contributed by atoms with Gasteiger partial charge in [-0.05, 0) is 48.9 Å². The summed E-state index contributed by atoms with van der Waals surface area (Å²) in [5.41, 5.74) is 3.81. The predicted molar refractivity (Wildman–Crippen MR) is 52.9 cm³/mol. The van der Waals surface area contributed by atoms with Gasteiger partial charge in [-0.25, -0.2) is 0 Å². The zero-order chi connectivity index (χ0) is 8.84. The molecular weight excluding hydrogens is 160 g/mol. The van der Waals surface area contributed by atoms with Crippen LogP contribution < -0.4 is 0 Å². The molecule has 1 heterocycles. The highest BCUT2D eigenvalue weighted by Crippen LogP contribution is 2.41. The number of hydrogen-bond donors (Lipinski definition) is 0. The smallest absolute Gasteiger partial charge is 0.136 e. The maximum Gasteiger partial charge on any atom is 0.136 e. The van der Waals surface area contributed by atoms with Crippen molar-refractivity contribution in [1.29, 1.82) is 0 Å². The molecule has 3 rings (SSSR count). The molecule has 0 aliphatic heterocycles. The maximum atomic E-state index is 5.40. The fourth-order valence-corrected chi connectivity index (χ4v) is 1.94. The largest absolute Gasteiger partial charge is 0.464 e. The average Bonchev–Trinajstić information content (AvgIpc) is 2.85. The molecule has 0 amide bonds. The van der Waals surface area contributed by atoms with Crippen LogP contribution in [0.2, 0.25) is 0 Å². The lowest BCUT2D eigenvalue weighted by molar-refractivity contribution is 0.613. The second kappa shape index (κ2) is 2.38. The second-order valence-electron chi connectivity index (χ2n) is 3.95. The van der Waals surface area contributed by atoms with Crippen molar-refractivity contribution in [2.45, 2.75) is 25.7 Å². The Balaban J connectivity index is 2.27. The summed E-state index contributed by atoms with van der Waals surface area (Å²) in [5.74, 6) is 0.831. The molecule has 13 heavy (non-hydrogen) atoms. The number of rotatable bonds is 1. The molecule has 0 spiro atoms. The van der Waals surface area contributed by atoms with E-state index in [1.54, 1.807) is 6.26 Å². The molecule has 66 valence electrons. The van der Waals surface area contributed by atoms with E-state index in [4.69, 9.17) is 4.42 Å². The molecule has 1 saturated carbocycles. The van der Waals surface area contributed by atoms with E-state index in [0.29, 0.717) is 0 Å². The van der Waals surface area contributed by atoms with Gasteiger partial charge in [0.05, 0.1) is 6.26 Å². The minimum absolute atomic E-state index is 0.831. The van der Waals surface area contributed by atoms with E-state index < -0.39 is 0 Å². The Bertz CT molecular complexity index is 449. The molecule has 0 saturated heterocycles. The number of benzene rings is 1. The molecule has 1 fully saturated rings. The first-order chi connectivity index (χ1) is 6.34. The van der Waals surface area contributed by atoms with Gasteiger partial charge in [0.2, 0.25) is 0 Å². The minimum Gasteiger partial charge on any atom is -0.464 e. The maximum absolute atomic E-state index is 5.40. The highest BCUT2D eigenvalue weighted by atomic mass is 16.3. The third-order valence-electron chi connectivity index (χ3n) is 2.81. The van der Waals surface area contributed by atoms with Crippen LogP contribution in [0.4, 0.5) is 0 Å². The Morgan fingerprint density at radius 1 is 1.31 bits per heavy atom. The van der Waals surface area contributed by atoms with E-state index in [0.717, 1.165) is 11.5 Å². The normalized spacial score (nSPS) is 16.7. The summed E-state index contributed by atoms with van der Waals surface area (Å²) in [4.78, 5) is 0. The van der Waals surface area contributed by atoms with Gasteiger partial charge in [-0.2, -0.15) is 0 Å². The van der Waals surface area contributed by atoms with E-state index in [9.17, 15) is 0 Å². The third kappa shape index (κ3) is 1.07. The van der Waals surface area contributed by atoms with E-state index in [-0.39, 0.29) is 0 Å². The Kier molecular flexibility index (Phi) is 1.32. The molecule has 0 radical (unpaired) electrons. The van der Waals surface area contributed by atoms with Gasteiger partial charge in [0.15, 0.2) is 0 Å². The van der Waals surface area contributed by atoms with Crippen LogP contribution in [0.15, 0.2) is 28.9 Å². The van der Waals surface area contributed by atoms with Gasteiger partial charge in [0.25, 0.3) is 0 Å². The van der Waals surface area contributed by atoms with Crippen molar-refractivity contribution >= 4 is 11.0 Å². The number of furan rings is 1. The number of aryl methyl sites for hydroxylation is 1. The van der Waals surface area contributed by atoms with Crippen LogP contribution in [-0.2, 0) is 0 Å². The zero-order valence-corrected chi connectivity index (χ0v) is 7.71. The average molecular weight is 172 g/mol. The summed E-state index contributed by atoms with van der Waals surface area (Å²) >= 11 is 0. The standard InChI is InChI=1S/C12H12O/c1-8-6-11(9-2-3-9)7-10-4-5-13-12(8)10/h4-7,9H,2-3H2,1H3. The number of fused-ring (bicyclic) bond motifs is 1. The Morgan fingerprint density at radius 2 is 2.15 bits per heavy atom. The van der Waals surface area contributed by atoms with E-state index in [2.05, 4.69) is 19.1 Å². The predicted octanol–water partition coefficient (Wildman–Crippen LogP) is 3.62. The first-order valence-corrected chi connectivity index (χ1v) is 4.82. The quantitative estimate of drug-likeness (QED) is 0.640. The van der Waals surface area contributed by atoms with Crippen molar-refractivity contribution in [2.24, 2.45) is 0 Å². The molecule has 0 unspecified atom stereocenters. The van der Waals surface area contributed by atoms with Crippen molar-refractivity contribution in [3.05, 3.63) is 35.6 Å². The molecule has 1 heteroatoms. The summed E-state index contributed by atoms with van der Waals surface area (Å²) in [6.45, 7) is 2.12. The number of hydrogen-bond acceptors (Lipinski definition) is 1. The molecule has 1 aliphatic carbocycles. The van der Waals surface area contributed by atoms with Crippen molar-refractivity contribution in [1.82, 2.24) is 0 Å². The van der Waals surface area contributed by atoms with Crippen LogP contribution in [0.1, 0.15) is 29.9 Å². The molecule has 1 aromatic carbocycles. The molecule has 2 aromatic rings. The SMILES string of the molecule is Cc1cc(C2CC2)cc2ccoc12. The lowest BCUT2D eigenvalue weighted by Crippen LogP contribution is -1.81. The lowest BCUT2D eigenvalue weighted by atomic mass is 10.0. The van der Waals surface area contributed by atoms with Gasteiger partial charge >= 0.3 is 0 Å². The molecule has 0 atom stereocenters. The Labute approximate surface area is 77.4 Å². The summed E-state index contributed by atoms with van der Waals surface area (Å²) in [5, 5.41) is 1.25. The topological polar surface area (TPSA) is 13.1 Å². The van der Waals surface area contributed by atoms with E-state index in [1.807, 2.05) is 6.07 Å². The van der Waals surface area contributed by atoms with E-state index >= 15 is 0 Å². The molecule has 1 nitrogen and oxygen atoms in total. The van der Waals surface area contributed by atoms with Gasteiger partial charge in [-0.15, -0.1) is 0 Å². The highest BCUT2D eigenvalue weighted by molar-refractivity contribution is 5.81. The van der Waals surface area contributed by atoms with Gasteiger partial charge < -0.3 is 4.42 Å². The molecule has 0 bridgehead atoms. The Hall–Kier alpha value is -1.24. The van der Waals surface area contributed by atoms with Gasteiger partial charge in [-0.1, -0.05) is 6.07 Å². The summed E-state index contributed by atoms with van der Waals surface area (Å²) < 4.78 is 5.40. The van der Waals surface area contributed by atoms with Crippen molar-refractivity contribution in [3.8, 4) is 0 Å². The highest BCUT2D eigenvalue weighted by Gasteiger charge is 2.24. The van der Waals surface area contributed by atoms with Crippen LogP contribution in [0.3, 0.4) is 0 Å². The van der Waals surface area contributed by atoms with Crippen LogP contribution in [0.25, 0.3) is 11.0 Å². The zero-order valence-electron chi connectivity index (χ0n) is 7.71. The van der Waals surface area contributed by atoms with Gasteiger partial charge in [0, 0.05) is 5.39 Å². The summed E-state index contributed by atoms with van der Waals surface area (Å²) in [6, 6.07) is 6.58. The van der Waals surface area contributed by atoms with E-state index in [1.165, 1.54) is 29.4 Å². The van der Waals surface area contributed by atoms with Crippen molar-refractivity contribution < 1.29 is 4.42 Å². The Morgan fingerprint density at radius 3 is 2.92 bits per heavy atom. The lowest BCUT2D eigenvalue weighted by Gasteiger charge is -2.00. The summed E-state index contributed by atoms with van der Waals surface area (Å²) in [7, 11) is 0. The van der Waals surface area contributed by atoms with Gasteiger partial charge in [-0.3, -0.25) is 0 Å².